The molecule has 0 saturated heterocycles. The van der Waals surface area contributed by atoms with Crippen LogP contribution in [0.15, 0.2) is 60.7 Å². The molecule has 4 amide bonds. The molecule has 2 aromatic heterocycles. The van der Waals surface area contributed by atoms with E-state index in [2.05, 4.69) is 21.3 Å². The molecule has 2 saturated carbocycles. The van der Waals surface area contributed by atoms with Crippen LogP contribution in [0.3, 0.4) is 0 Å². The van der Waals surface area contributed by atoms with Crippen LogP contribution in [0.4, 0.5) is 52.5 Å². The molecule has 20 heteroatoms. The minimum atomic E-state index is -0.715. The lowest BCUT2D eigenvalue weighted by molar-refractivity contribution is 0.0573. The lowest BCUT2D eigenvalue weighted by atomic mass is 10.1. The molecular weight excluding hydrogens is 1010 g/mol. The van der Waals surface area contributed by atoms with Crippen molar-refractivity contribution in [1.82, 2.24) is 9.13 Å². The van der Waals surface area contributed by atoms with Gasteiger partial charge in [-0.25, -0.2) is 28.0 Å². The number of esters is 2. The van der Waals surface area contributed by atoms with Crippen molar-refractivity contribution >= 4 is 91.9 Å². The van der Waals surface area contributed by atoms with Crippen LogP contribution in [0, 0.1) is 23.5 Å². The molecule has 2 aliphatic heterocycles. The number of halogens is 2. The molecule has 412 valence electrons. The number of nitrogens with one attached hydrogen (secondary N) is 4. The van der Waals surface area contributed by atoms with E-state index >= 15 is 0 Å². The quantitative estimate of drug-likeness (QED) is 0.0668. The Morgan fingerprint density at radius 3 is 1.26 bits per heavy atom. The minimum absolute atomic E-state index is 0.0198. The second-order valence-corrected chi connectivity index (χ2v) is 22.1. The normalized spacial score (nSPS) is 14.8. The molecule has 4 N–H and O–H groups in total. The van der Waals surface area contributed by atoms with Crippen LogP contribution in [0.5, 0.6) is 0 Å². The van der Waals surface area contributed by atoms with Crippen LogP contribution >= 0.6 is 0 Å². The number of fused-ring (bicyclic) bond motifs is 6. The van der Waals surface area contributed by atoms with E-state index in [0.29, 0.717) is 62.2 Å². The molecule has 4 heterocycles. The fourth-order valence-corrected chi connectivity index (χ4v) is 10.1. The summed E-state index contributed by atoms with van der Waals surface area (Å²) in [6.07, 6.45) is 4.76. The first kappa shape index (κ1) is 54.6. The first-order chi connectivity index (χ1) is 37.0. The number of hydrogen-bond donors (Lipinski definition) is 4. The highest BCUT2D eigenvalue weighted by Gasteiger charge is 2.37. The topological polar surface area (TPSA) is 204 Å². The van der Waals surface area contributed by atoms with E-state index in [4.69, 9.17) is 18.9 Å². The fraction of sp³-hybridized carbons (Fsp3) is 0.414. The average molecular weight is 1070 g/mol. The number of hydrogen-bond acceptors (Lipinski definition) is 12. The zero-order valence-corrected chi connectivity index (χ0v) is 45.6. The van der Waals surface area contributed by atoms with Gasteiger partial charge in [0.05, 0.1) is 70.5 Å². The number of carbonyl (C=O) groups is 6. The zero-order chi connectivity index (χ0) is 56.1. The second kappa shape index (κ2) is 21.3. The Morgan fingerprint density at radius 1 is 0.564 bits per heavy atom. The number of anilines is 6. The Bertz CT molecular complexity index is 3190. The average Bonchev–Trinajstić information content (AvgIpc) is 4.33. The van der Waals surface area contributed by atoms with Crippen molar-refractivity contribution in [2.75, 3.05) is 72.5 Å². The number of methoxy groups -OCH3 is 2. The van der Waals surface area contributed by atoms with E-state index in [1.54, 1.807) is 21.9 Å². The third kappa shape index (κ3) is 11.3. The number of benzene rings is 4. The van der Waals surface area contributed by atoms with Gasteiger partial charge in [0, 0.05) is 51.0 Å². The number of amides is 4. The van der Waals surface area contributed by atoms with Gasteiger partial charge in [0.1, 0.15) is 34.2 Å². The van der Waals surface area contributed by atoms with E-state index < -0.39 is 58.8 Å². The monoisotopic (exact) mass is 1070 g/mol. The summed E-state index contributed by atoms with van der Waals surface area (Å²) in [6, 6.07) is 16.4. The van der Waals surface area contributed by atoms with E-state index in [-0.39, 0.29) is 33.9 Å². The number of nitrogens with zero attached hydrogens (tertiary/aromatic N) is 4. The maximum Gasteiger partial charge on any atom is 0.414 e. The third-order valence-corrected chi connectivity index (χ3v) is 14.0. The molecule has 0 atom stereocenters. The standard InChI is InChI=1S/2C29H33FN4O5/c2*1-29(2,3)39-28(37)33-11-10-17-8-9-18-14-22(34(15-16-6-7-16)25(18)24(17)33)26(35)32-21-13-19(27(36)38-5)12-20(30)23(21)31-4/h2*8-9,12-14,16,31H,6-7,10-11,15H2,1-5H3,(H,32,35). The van der Waals surface area contributed by atoms with Crippen LogP contribution < -0.4 is 31.1 Å². The van der Waals surface area contributed by atoms with E-state index in [1.807, 2.05) is 74.9 Å². The maximum atomic E-state index is 14.8. The molecule has 18 nitrogen and oxygen atoms in total. The molecule has 6 aromatic rings. The van der Waals surface area contributed by atoms with Gasteiger partial charge in [0.15, 0.2) is 0 Å². The van der Waals surface area contributed by atoms with Crippen molar-refractivity contribution in [3.05, 3.63) is 106 Å². The smallest absolute Gasteiger partial charge is 0.414 e. The van der Waals surface area contributed by atoms with E-state index in [0.717, 1.165) is 82.1 Å². The molecule has 0 unspecified atom stereocenters. The van der Waals surface area contributed by atoms with Crippen molar-refractivity contribution in [1.29, 1.82) is 0 Å². The highest BCUT2D eigenvalue weighted by atomic mass is 19.1. The Hall–Kier alpha value is -8.16. The molecule has 0 radical (unpaired) electrons. The summed E-state index contributed by atoms with van der Waals surface area (Å²) in [6.45, 7) is 13.2. The van der Waals surface area contributed by atoms with Gasteiger partial charge in [0.25, 0.3) is 11.8 Å². The van der Waals surface area contributed by atoms with Crippen LogP contribution in [0.1, 0.15) is 120 Å². The lowest BCUT2D eigenvalue weighted by Crippen LogP contribution is -2.36. The maximum absolute atomic E-state index is 14.8. The van der Waals surface area contributed by atoms with Crippen LogP contribution in [0.2, 0.25) is 0 Å². The summed E-state index contributed by atoms with van der Waals surface area (Å²) in [4.78, 5) is 81.2. The zero-order valence-electron chi connectivity index (χ0n) is 45.6. The van der Waals surface area contributed by atoms with Gasteiger partial charge in [-0.1, -0.05) is 24.3 Å². The van der Waals surface area contributed by atoms with Crippen molar-refractivity contribution < 1.29 is 56.5 Å². The molecule has 10 rings (SSSR count). The van der Waals surface area contributed by atoms with Gasteiger partial charge in [-0.15, -0.1) is 0 Å². The van der Waals surface area contributed by atoms with E-state index in [9.17, 15) is 37.5 Å². The largest absolute Gasteiger partial charge is 0.465 e. The summed E-state index contributed by atoms with van der Waals surface area (Å²) in [5.74, 6) is -2.89. The Morgan fingerprint density at radius 2 is 0.936 bits per heavy atom. The van der Waals surface area contributed by atoms with Gasteiger partial charge in [-0.3, -0.25) is 19.4 Å². The number of aromatic nitrogens is 2. The third-order valence-electron chi connectivity index (χ3n) is 14.0. The number of rotatable bonds is 12. The molecule has 4 aromatic carbocycles. The molecule has 0 spiro atoms. The molecular formula is C58H66F2N8O10. The van der Waals surface area contributed by atoms with Crippen LogP contribution in [-0.4, -0.2) is 97.7 Å². The summed E-state index contributed by atoms with van der Waals surface area (Å²) < 4.78 is 54.4. The van der Waals surface area contributed by atoms with Gasteiger partial charge in [-0.2, -0.15) is 0 Å². The Kier molecular flexibility index (Phi) is 14.9. The van der Waals surface area contributed by atoms with Gasteiger partial charge < -0.3 is 49.3 Å². The first-order valence-corrected chi connectivity index (χ1v) is 26.1. The Balaban J connectivity index is 0.000000190. The summed E-state index contributed by atoms with van der Waals surface area (Å²) in [5, 5.41) is 12.7. The summed E-state index contributed by atoms with van der Waals surface area (Å²) >= 11 is 0. The van der Waals surface area contributed by atoms with Crippen molar-refractivity contribution in [3.63, 3.8) is 0 Å². The SMILES string of the molecule is CNc1c(F)cc(C(=O)OC)cc1NC(=O)c1cc2ccc3c(c2n1CC1CC1)N(C(=O)OC(C)(C)C)CC3.CNc1c(F)cc(C(=O)OC)cc1NC(=O)c1cc2ccc3c(c2n1CC1CC1)N(C(=O)OC(C)(C)C)CC3. The van der Waals surface area contributed by atoms with Crippen molar-refractivity contribution in [2.45, 2.75) is 104 Å². The van der Waals surface area contributed by atoms with Crippen molar-refractivity contribution in [2.24, 2.45) is 11.8 Å². The van der Waals surface area contributed by atoms with Gasteiger partial charge in [-0.05, 0) is 139 Å². The van der Waals surface area contributed by atoms with Crippen LogP contribution in [-0.2, 0) is 44.9 Å². The van der Waals surface area contributed by atoms with Gasteiger partial charge in [0.2, 0.25) is 0 Å². The number of ether oxygens (including phenoxy) is 4. The molecule has 2 aliphatic carbocycles. The van der Waals surface area contributed by atoms with E-state index in [1.165, 1.54) is 40.4 Å². The first-order valence-electron chi connectivity index (χ1n) is 26.1. The fourth-order valence-electron chi connectivity index (χ4n) is 10.1. The Labute approximate surface area is 450 Å². The second-order valence-electron chi connectivity index (χ2n) is 22.1. The molecule has 78 heavy (non-hydrogen) atoms. The lowest BCUT2D eigenvalue weighted by Gasteiger charge is -2.25. The molecule has 0 bridgehead atoms. The molecule has 2 fully saturated rings. The predicted octanol–water partition coefficient (Wildman–Crippen LogP) is 11.1. The highest BCUT2D eigenvalue weighted by molar-refractivity contribution is 6.13. The van der Waals surface area contributed by atoms with Crippen molar-refractivity contribution in [3.8, 4) is 0 Å². The summed E-state index contributed by atoms with van der Waals surface area (Å²) in [5.41, 5.74) is 4.93. The molecule has 4 aliphatic rings. The van der Waals surface area contributed by atoms with Gasteiger partial charge >= 0.3 is 24.1 Å². The summed E-state index contributed by atoms with van der Waals surface area (Å²) in [7, 11) is 5.48. The predicted molar refractivity (Wildman–Crippen MR) is 294 cm³/mol. The minimum Gasteiger partial charge on any atom is -0.465 e. The number of carbonyl (C=O) groups excluding carboxylic acids is 6. The van der Waals surface area contributed by atoms with Crippen LogP contribution in [0.25, 0.3) is 21.8 Å². The highest BCUT2D eigenvalue weighted by Crippen LogP contribution is 2.43.